The van der Waals surface area contributed by atoms with Crippen molar-refractivity contribution in [3.63, 3.8) is 0 Å². The number of hydrogen-bond donors (Lipinski definition) is 8. The predicted octanol–water partition coefficient (Wildman–Crippen LogP) is 12.8. The number of carbonyl (C=O) groups is 2. The topological polar surface area (TPSA) is 299 Å². The van der Waals surface area contributed by atoms with Crippen LogP contribution in [0.25, 0.3) is 24.3 Å². The molecule has 8 rings (SSSR count). The fourth-order valence-corrected chi connectivity index (χ4v) is 5.89. The highest BCUT2D eigenvalue weighted by Crippen LogP contribution is 2.33. The van der Waals surface area contributed by atoms with E-state index in [0.29, 0.717) is 57.3 Å². The van der Waals surface area contributed by atoms with Crippen LogP contribution in [0.5, 0.6) is 23.0 Å². The lowest BCUT2D eigenvalue weighted by molar-refractivity contribution is -0.193. The summed E-state index contributed by atoms with van der Waals surface area (Å²) in [4.78, 5) is 41.2. The first-order chi connectivity index (χ1) is 38.4. The zero-order chi connectivity index (χ0) is 60.4. The number of carboxylic acids is 2. The van der Waals surface area contributed by atoms with Gasteiger partial charge in [-0.25, -0.2) is 19.6 Å². The quantitative estimate of drug-likeness (QED) is 0.0416. The van der Waals surface area contributed by atoms with Crippen LogP contribution in [0.2, 0.25) is 0 Å². The summed E-state index contributed by atoms with van der Waals surface area (Å²) in [5.74, 6) is -3.59. The Morgan fingerprint density at radius 3 is 1.04 bits per heavy atom. The van der Waals surface area contributed by atoms with Crippen LogP contribution in [0.4, 0.5) is 99.0 Å². The number of pyridine rings is 2. The lowest BCUT2D eigenvalue weighted by Gasteiger charge is -2.10. The largest absolute Gasteiger partial charge is 0.490 e. The molecule has 0 amide bonds. The van der Waals surface area contributed by atoms with Crippen LogP contribution in [0.15, 0.2) is 146 Å². The summed E-state index contributed by atoms with van der Waals surface area (Å²) in [5, 5.41) is 20.5. The predicted molar refractivity (Wildman–Crippen MR) is 278 cm³/mol. The Bertz CT molecular complexity index is 3250. The lowest BCUT2D eigenvalue weighted by Crippen LogP contribution is -2.21. The Hall–Kier alpha value is -10.7. The second-order valence-electron chi connectivity index (χ2n) is 15.9. The summed E-state index contributed by atoms with van der Waals surface area (Å²) in [6.07, 6.45) is -9.81. The molecule has 82 heavy (non-hydrogen) atoms. The first-order valence-corrected chi connectivity index (χ1v) is 22.5. The van der Waals surface area contributed by atoms with Gasteiger partial charge in [0.1, 0.15) is 46.0 Å². The van der Waals surface area contributed by atoms with E-state index in [1.165, 1.54) is 12.1 Å². The van der Waals surface area contributed by atoms with Crippen molar-refractivity contribution in [2.45, 2.75) is 24.7 Å². The smallest absolute Gasteiger partial charge is 0.475 e. The number of aromatic nitrogens is 6. The molecule has 18 nitrogen and oxygen atoms in total. The molecule has 0 spiro atoms. The molecule has 0 atom stereocenters. The van der Waals surface area contributed by atoms with Crippen LogP contribution in [0.3, 0.4) is 0 Å². The first kappa shape index (κ1) is 62.2. The maximum atomic E-state index is 12.8. The Balaban J connectivity index is 0.000000244. The van der Waals surface area contributed by atoms with Gasteiger partial charge in [-0.15, -0.1) is 0 Å². The minimum absolute atomic E-state index is 0.0316. The number of nitrogen functional groups attached to an aromatic ring is 4. The van der Waals surface area contributed by atoms with E-state index in [-0.39, 0.29) is 23.4 Å². The molecule has 0 fully saturated rings. The number of anilines is 8. The van der Waals surface area contributed by atoms with Crippen LogP contribution in [0, 0.1) is 0 Å². The molecule has 0 saturated carbocycles. The SMILES string of the molecule is Nc1ccc(/C=C/c2cc(Nc3ccc(Oc4ccnc(C(F)(F)F)c4)cc3)nc(N)n2)cc1.Nc1ccc(/C=C\c2cc(Nc3ccc(Oc4ccnc(C(F)(F)F)c4)cc3)nc(N)n2)cc1.O=C(O)C(F)(F)F.O=C(O)C(F)(F)F. The minimum Gasteiger partial charge on any atom is -0.475 e. The molecule has 0 aliphatic heterocycles. The number of carboxylic acid groups (broad SMARTS) is 2. The van der Waals surface area contributed by atoms with Crippen molar-refractivity contribution in [1.82, 2.24) is 29.9 Å². The zero-order valence-corrected chi connectivity index (χ0v) is 41.2. The number of aliphatic carboxylic acids is 2. The van der Waals surface area contributed by atoms with Gasteiger partial charge < -0.3 is 53.3 Å². The number of benzene rings is 4. The second-order valence-corrected chi connectivity index (χ2v) is 15.9. The Morgan fingerprint density at radius 2 is 0.744 bits per heavy atom. The maximum absolute atomic E-state index is 12.8. The average molecular weight is 1160 g/mol. The first-order valence-electron chi connectivity index (χ1n) is 22.5. The standard InChI is InChI=1S/2C24H19F3N6O.2C2HF3O2/c2*25-24(26,27)21-14-20(11-12-30-21)34-19-9-7-17(8-10-19)31-22-13-18(32-23(29)33-22)6-3-15-1-4-16(28)5-2-15;2*3-2(4,5)1(6)7/h2*1-14H,28H2,(H3,29,31,32,33);2*(H,6,7)/b6-3+;6-3-;;. The number of alkyl halides is 12. The summed E-state index contributed by atoms with van der Waals surface area (Å²) in [6.45, 7) is 0. The molecular formula is C52H40F12N12O6. The summed E-state index contributed by atoms with van der Waals surface area (Å²) in [6, 6.07) is 35.8. The van der Waals surface area contributed by atoms with Crippen LogP contribution >= 0.6 is 0 Å². The fraction of sp³-hybridized carbons (Fsp3) is 0.0769. The van der Waals surface area contributed by atoms with E-state index in [9.17, 15) is 52.7 Å². The van der Waals surface area contributed by atoms with E-state index in [1.807, 2.05) is 36.4 Å². The number of hydrogen-bond acceptors (Lipinski definition) is 16. The molecule has 0 saturated heterocycles. The van der Waals surface area contributed by atoms with E-state index >= 15 is 0 Å². The summed E-state index contributed by atoms with van der Waals surface area (Å²) < 4.78 is 151. The molecule has 0 bridgehead atoms. The average Bonchev–Trinajstić information content (AvgIpc) is 3.45. The zero-order valence-electron chi connectivity index (χ0n) is 41.2. The number of halogens is 12. The molecule has 8 aromatic rings. The van der Waals surface area contributed by atoms with Gasteiger partial charge in [-0.3, -0.25) is 9.97 Å². The molecule has 4 aromatic heterocycles. The molecule has 4 heterocycles. The van der Waals surface area contributed by atoms with Crippen molar-refractivity contribution in [2.75, 3.05) is 33.6 Å². The number of rotatable bonds is 12. The van der Waals surface area contributed by atoms with Gasteiger partial charge >= 0.3 is 36.6 Å². The fourth-order valence-electron chi connectivity index (χ4n) is 5.89. The van der Waals surface area contributed by atoms with Crippen molar-refractivity contribution in [3.05, 3.63) is 180 Å². The highest BCUT2D eigenvalue weighted by Gasteiger charge is 2.39. The van der Waals surface area contributed by atoms with Crippen LogP contribution in [0.1, 0.15) is 33.9 Å². The van der Waals surface area contributed by atoms with Crippen molar-refractivity contribution < 1.29 is 82.0 Å². The highest BCUT2D eigenvalue weighted by atomic mass is 19.4. The molecule has 0 unspecified atom stereocenters. The van der Waals surface area contributed by atoms with Gasteiger partial charge in [0.15, 0.2) is 0 Å². The van der Waals surface area contributed by atoms with Crippen LogP contribution in [-0.2, 0) is 21.9 Å². The molecule has 0 aliphatic rings. The lowest BCUT2D eigenvalue weighted by atomic mass is 10.2. The highest BCUT2D eigenvalue weighted by molar-refractivity contribution is 5.74. The van der Waals surface area contributed by atoms with E-state index in [0.717, 1.165) is 35.7 Å². The molecule has 4 aromatic carbocycles. The molecule has 0 aliphatic carbocycles. The maximum Gasteiger partial charge on any atom is 0.490 e. The Kier molecular flexibility index (Phi) is 20.7. The van der Waals surface area contributed by atoms with Crippen LogP contribution in [-0.4, -0.2) is 64.4 Å². The Labute approximate surface area is 454 Å². The van der Waals surface area contributed by atoms with E-state index in [1.54, 1.807) is 97.1 Å². The van der Waals surface area contributed by atoms with Crippen molar-refractivity contribution in [2.24, 2.45) is 0 Å². The summed E-state index contributed by atoms with van der Waals surface area (Å²) >= 11 is 0. The molecule has 0 radical (unpaired) electrons. The number of nitrogens with zero attached hydrogens (tertiary/aromatic N) is 6. The molecule has 12 N–H and O–H groups in total. The van der Waals surface area contributed by atoms with Crippen molar-refractivity contribution in [1.29, 1.82) is 0 Å². The van der Waals surface area contributed by atoms with Crippen molar-refractivity contribution in [3.8, 4) is 23.0 Å². The number of nitrogens with two attached hydrogens (primary N) is 4. The van der Waals surface area contributed by atoms with Crippen LogP contribution < -0.4 is 43.0 Å². The van der Waals surface area contributed by atoms with Gasteiger partial charge in [0, 0.05) is 59.4 Å². The van der Waals surface area contributed by atoms with Gasteiger partial charge in [-0.05, 0) is 108 Å². The van der Waals surface area contributed by atoms with Gasteiger partial charge in [-0.2, -0.15) is 62.7 Å². The third-order valence-corrected chi connectivity index (χ3v) is 9.55. The number of ether oxygens (including phenoxy) is 2. The summed E-state index contributed by atoms with van der Waals surface area (Å²) in [7, 11) is 0. The van der Waals surface area contributed by atoms with E-state index < -0.39 is 48.0 Å². The molecule has 30 heteroatoms. The van der Waals surface area contributed by atoms with Gasteiger partial charge in [0.05, 0.1) is 11.4 Å². The minimum atomic E-state index is -5.08. The Morgan fingerprint density at radius 1 is 0.427 bits per heavy atom. The van der Waals surface area contributed by atoms with Gasteiger partial charge in [0.2, 0.25) is 11.9 Å². The van der Waals surface area contributed by atoms with E-state index in [4.69, 9.17) is 52.2 Å². The third-order valence-electron chi connectivity index (χ3n) is 9.55. The molecular weight excluding hydrogens is 1120 g/mol. The normalized spacial score (nSPS) is 11.5. The van der Waals surface area contributed by atoms with Gasteiger partial charge in [-0.1, -0.05) is 36.4 Å². The van der Waals surface area contributed by atoms with Gasteiger partial charge in [0.25, 0.3) is 0 Å². The second kappa shape index (κ2) is 27.3. The van der Waals surface area contributed by atoms with Crippen molar-refractivity contribution >= 4 is 82.5 Å². The molecule has 428 valence electrons. The number of nitrogens with one attached hydrogen (secondary N) is 2. The monoisotopic (exact) mass is 1160 g/mol. The summed E-state index contributed by atoms with van der Waals surface area (Å²) in [5.41, 5.74) is 26.8. The van der Waals surface area contributed by atoms with E-state index in [2.05, 4.69) is 40.5 Å². The third kappa shape index (κ3) is 21.3.